The van der Waals surface area contributed by atoms with E-state index in [-0.39, 0.29) is 0 Å². The number of piperidine rings is 1. The van der Waals surface area contributed by atoms with Crippen LogP contribution in [0.5, 0.6) is 0 Å². The van der Waals surface area contributed by atoms with Crippen LogP contribution in [-0.2, 0) is 0 Å². The van der Waals surface area contributed by atoms with Crippen LogP contribution in [0.3, 0.4) is 0 Å². The second-order valence-electron chi connectivity index (χ2n) is 4.29. The zero-order chi connectivity index (χ0) is 7.84. The Kier molecular flexibility index (Phi) is 1.98. The highest BCUT2D eigenvalue weighted by atomic mass is 15.1. The summed E-state index contributed by atoms with van der Waals surface area (Å²) < 4.78 is 0. The second kappa shape index (κ2) is 2.83. The molecule has 2 saturated heterocycles. The van der Waals surface area contributed by atoms with Crippen LogP contribution in [-0.4, -0.2) is 51.8 Å². The van der Waals surface area contributed by atoms with Gasteiger partial charge in [-0.25, -0.2) is 0 Å². The summed E-state index contributed by atoms with van der Waals surface area (Å²) in [5, 5.41) is 0. The molecule has 2 aliphatic heterocycles. The molecule has 2 heterocycles. The third-order valence-electron chi connectivity index (χ3n) is 3.19. The number of rotatable bonds is 0. The van der Waals surface area contributed by atoms with E-state index in [1.165, 1.54) is 32.6 Å². The van der Waals surface area contributed by atoms with Gasteiger partial charge < -0.3 is 9.62 Å². The summed E-state index contributed by atoms with van der Waals surface area (Å²) in [4.78, 5) is 4.95. The molecule has 0 aliphatic carbocycles. The number of hydrogen-bond acceptors (Lipinski definition) is 2. The van der Waals surface area contributed by atoms with Gasteiger partial charge in [0.2, 0.25) is 0 Å². The first-order valence-corrected chi connectivity index (χ1v) is 4.63. The van der Waals surface area contributed by atoms with Gasteiger partial charge in [-0.05, 0) is 44.4 Å². The quantitative estimate of drug-likeness (QED) is 0.381. The van der Waals surface area contributed by atoms with Crippen molar-refractivity contribution < 1.29 is 0 Å². The van der Waals surface area contributed by atoms with Gasteiger partial charge in [-0.2, -0.15) is 0 Å². The lowest BCUT2D eigenvalue weighted by atomic mass is 9.87. The molecule has 0 spiro atoms. The highest BCUT2D eigenvalue weighted by Gasteiger charge is 2.33. The molecule has 0 saturated carbocycles. The molecular formula is C7H16B2N2. The van der Waals surface area contributed by atoms with Crippen molar-refractivity contribution in [3.05, 3.63) is 0 Å². The Morgan fingerprint density at radius 3 is 2.36 bits per heavy atom. The van der Waals surface area contributed by atoms with Crippen LogP contribution in [0.4, 0.5) is 0 Å². The maximum Gasteiger partial charge on any atom is 0.185 e. The largest absolute Gasteiger partial charge is 0.348 e. The maximum absolute atomic E-state index is 2.48. The third kappa shape index (κ3) is 1.47. The molecule has 0 unspecified atom stereocenters. The van der Waals surface area contributed by atoms with Gasteiger partial charge >= 0.3 is 0 Å². The van der Waals surface area contributed by atoms with Crippen molar-refractivity contribution in [2.75, 3.05) is 26.2 Å². The Morgan fingerprint density at radius 2 is 1.55 bits per heavy atom. The molecule has 11 heavy (non-hydrogen) atoms. The monoisotopic (exact) mass is 150 g/mol. The first-order chi connectivity index (χ1) is 5.25. The lowest BCUT2D eigenvalue weighted by Gasteiger charge is -2.31. The fraction of sp³-hybridized carbons (Fsp3) is 1.00. The Balaban J connectivity index is 1.97. The highest BCUT2D eigenvalue weighted by molar-refractivity contribution is 6.05. The van der Waals surface area contributed by atoms with E-state index in [0.717, 1.165) is 11.8 Å². The van der Waals surface area contributed by atoms with Crippen molar-refractivity contribution in [2.45, 2.75) is 6.42 Å². The summed E-state index contributed by atoms with van der Waals surface area (Å²) in [5.41, 5.74) is 0. The molecule has 0 aromatic carbocycles. The molecule has 2 aliphatic rings. The van der Waals surface area contributed by atoms with Crippen LogP contribution in [0.25, 0.3) is 0 Å². The van der Waals surface area contributed by atoms with Crippen molar-refractivity contribution in [2.24, 2.45) is 11.8 Å². The molecular weight excluding hydrogens is 134 g/mol. The van der Waals surface area contributed by atoms with Crippen LogP contribution in [0, 0.1) is 11.8 Å². The molecule has 4 heteroatoms. The zero-order valence-corrected chi connectivity index (χ0v) is 7.58. The third-order valence-corrected chi connectivity index (χ3v) is 3.19. The Hall–Kier alpha value is 0.0499. The van der Waals surface area contributed by atoms with Gasteiger partial charge in [0.15, 0.2) is 16.0 Å². The van der Waals surface area contributed by atoms with E-state index in [0.29, 0.717) is 0 Å². The summed E-state index contributed by atoms with van der Waals surface area (Å²) in [6.45, 7) is 5.32. The van der Waals surface area contributed by atoms with Crippen molar-refractivity contribution in [1.29, 1.82) is 0 Å². The number of fused-ring (bicyclic) bond motifs is 1. The molecule has 0 amide bonds. The first kappa shape index (κ1) is 7.69. The minimum Gasteiger partial charge on any atom is -0.348 e. The second-order valence-corrected chi connectivity index (χ2v) is 4.29. The van der Waals surface area contributed by atoms with Crippen LogP contribution in [0.1, 0.15) is 6.42 Å². The van der Waals surface area contributed by atoms with Crippen LogP contribution in [0.15, 0.2) is 0 Å². The molecule has 2 atom stereocenters. The Bertz CT molecular complexity index is 153. The standard InChI is InChI=1S/C7H16B2N2/c8-10-2-1-6-3-11(9)5-7(6)4-10/h6-7H,1-5,8-9H2/t6-,7-/m1/s1. The topological polar surface area (TPSA) is 6.48 Å². The molecule has 2 nitrogen and oxygen atoms in total. The van der Waals surface area contributed by atoms with Crippen molar-refractivity contribution in [1.82, 2.24) is 9.62 Å². The van der Waals surface area contributed by atoms with Crippen molar-refractivity contribution in [3.8, 4) is 0 Å². The summed E-state index contributed by atoms with van der Waals surface area (Å²) >= 11 is 0. The van der Waals surface area contributed by atoms with Crippen molar-refractivity contribution in [3.63, 3.8) is 0 Å². The molecule has 0 N–H and O–H groups in total. The van der Waals surface area contributed by atoms with Gasteiger partial charge in [0.1, 0.15) is 0 Å². The average Bonchev–Trinajstić information content (AvgIpc) is 2.27. The van der Waals surface area contributed by atoms with Crippen LogP contribution < -0.4 is 0 Å². The van der Waals surface area contributed by atoms with Gasteiger partial charge in [-0.3, -0.25) is 0 Å². The lowest BCUT2D eigenvalue weighted by Crippen LogP contribution is -2.38. The maximum atomic E-state index is 2.48. The number of nitrogens with zero attached hydrogens (tertiary/aromatic N) is 2. The van der Waals surface area contributed by atoms with E-state index >= 15 is 0 Å². The Labute approximate surface area is 70.8 Å². The van der Waals surface area contributed by atoms with Crippen LogP contribution in [0.2, 0.25) is 0 Å². The lowest BCUT2D eigenvalue weighted by molar-refractivity contribution is 0.234. The van der Waals surface area contributed by atoms with E-state index in [4.69, 9.17) is 0 Å². The van der Waals surface area contributed by atoms with Gasteiger partial charge in [0, 0.05) is 0 Å². The highest BCUT2D eigenvalue weighted by Crippen LogP contribution is 2.28. The SMILES string of the molecule is BN1CC[C@@H]2CN(B)C[C@H]2C1. The van der Waals surface area contributed by atoms with E-state index < -0.39 is 0 Å². The van der Waals surface area contributed by atoms with E-state index in [2.05, 4.69) is 25.6 Å². The van der Waals surface area contributed by atoms with E-state index in [1.807, 2.05) is 0 Å². The molecule has 2 fully saturated rings. The molecule has 60 valence electrons. The first-order valence-electron chi connectivity index (χ1n) is 4.63. The van der Waals surface area contributed by atoms with Gasteiger partial charge in [0.25, 0.3) is 0 Å². The van der Waals surface area contributed by atoms with E-state index in [9.17, 15) is 0 Å². The fourth-order valence-electron chi connectivity index (χ4n) is 2.58. The molecule has 0 aromatic rings. The number of hydrogen-bond donors (Lipinski definition) is 0. The predicted molar refractivity (Wildman–Crippen MR) is 51.8 cm³/mol. The fourth-order valence-corrected chi connectivity index (χ4v) is 2.58. The summed E-state index contributed by atoms with van der Waals surface area (Å²) in [6, 6.07) is 0. The van der Waals surface area contributed by atoms with Crippen molar-refractivity contribution >= 4 is 16.0 Å². The minimum atomic E-state index is 0.971. The van der Waals surface area contributed by atoms with Gasteiger partial charge in [0.05, 0.1) is 0 Å². The molecule has 0 aromatic heterocycles. The summed E-state index contributed by atoms with van der Waals surface area (Å²) in [7, 11) is 4.49. The molecule has 2 rings (SSSR count). The summed E-state index contributed by atoms with van der Waals surface area (Å²) in [5.74, 6) is 1.98. The predicted octanol–water partition coefficient (Wildman–Crippen LogP) is -1.66. The zero-order valence-electron chi connectivity index (χ0n) is 7.58. The summed E-state index contributed by atoms with van der Waals surface area (Å²) in [6.07, 6.45) is 1.42. The van der Waals surface area contributed by atoms with Gasteiger partial charge in [-0.15, -0.1) is 0 Å². The van der Waals surface area contributed by atoms with E-state index in [1.54, 1.807) is 0 Å². The normalized spacial score (nSPS) is 40.7. The minimum absolute atomic E-state index is 0.971. The smallest absolute Gasteiger partial charge is 0.185 e. The molecule has 0 radical (unpaired) electrons. The molecule has 0 bridgehead atoms. The van der Waals surface area contributed by atoms with Crippen LogP contribution >= 0.6 is 0 Å². The Morgan fingerprint density at radius 1 is 0.909 bits per heavy atom. The average molecular weight is 150 g/mol. The van der Waals surface area contributed by atoms with Gasteiger partial charge in [-0.1, -0.05) is 0 Å².